The highest BCUT2D eigenvalue weighted by atomic mass is 16.3. The van der Waals surface area contributed by atoms with E-state index in [0.29, 0.717) is 19.6 Å². The normalized spacial score (nSPS) is 24.2. The number of carbonyl (C=O) groups excluding carboxylic acids is 1. The van der Waals surface area contributed by atoms with Crippen molar-refractivity contribution in [2.45, 2.75) is 17.9 Å². The quantitative estimate of drug-likeness (QED) is 0.675. The van der Waals surface area contributed by atoms with Crippen LogP contribution in [0.15, 0.2) is 24.3 Å². The molecule has 1 aromatic rings. The zero-order chi connectivity index (χ0) is 11.9. The van der Waals surface area contributed by atoms with Gasteiger partial charge in [-0.1, -0.05) is 24.3 Å². The number of benzene rings is 1. The van der Waals surface area contributed by atoms with Gasteiger partial charge in [-0.15, -0.1) is 0 Å². The zero-order valence-electron chi connectivity index (χ0n) is 9.57. The van der Waals surface area contributed by atoms with Crippen molar-refractivity contribution in [1.82, 2.24) is 10.6 Å². The summed E-state index contributed by atoms with van der Waals surface area (Å²) in [5, 5.41) is 15.7. The molecule has 4 heteroatoms. The van der Waals surface area contributed by atoms with Crippen LogP contribution in [-0.4, -0.2) is 36.2 Å². The third-order valence-corrected chi connectivity index (χ3v) is 3.67. The first-order valence-electron chi connectivity index (χ1n) is 5.97. The Balaban J connectivity index is 1.58. The van der Waals surface area contributed by atoms with Gasteiger partial charge in [0.2, 0.25) is 5.91 Å². The summed E-state index contributed by atoms with van der Waals surface area (Å²) >= 11 is 0. The molecule has 0 saturated carbocycles. The topological polar surface area (TPSA) is 61.4 Å². The van der Waals surface area contributed by atoms with Crippen LogP contribution in [0.5, 0.6) is 0 Å². The summed E-state index contributed by atoms with van der Waals surface area (Å²) in [6.45, 7) is 1.47. The second-order valence-electron chi connectivity index (χ2n) is 5.00. The number of hydrogen-bond donors (Lipinski definition) is 3. The Morgan fingerprint density at radius 1 is 1.47 bits per heavy atom. The van der Waals surface area contributed by atoms with Crippen molar-refractivity contribution in [3.8, 4) is 0 Å². The van der Waals surface area contributed by atoms with Crippen molar-refractivity contribution in [2.75, 3.05) is 19.6 Å². The number of β-amino-alcohol motifs (C(OH)–C–C–N with tert-alkyl or cyclic N) is 1. The van der Waals surface area contributed by atoms with Gasteiger partial charge in [-0.3, -0.25) is 4.79 Å². The smallest absolute Gasteiger partial charge is 0.227 e. The fourth-order valence-electron chi connectivity index (χ4n) is 2.41. The number of hydrogen-bond acceptors (Lipinski definition) is 3. The summed E-state index contributed by atoms with van der Waals surface area (Å²) in [6, 6.07) is 8.02. The Bertz CT molecular complexity index is 454. The molecule has 90 valence electrons. The van der Waals surface area contributed by atoms with Crippen LogP contribution < -0.4 is 10.6 Å². The molecule has 17 heavy (non-hydrogen) atoms. The summed E-state index contributed by atoms with van der Waals surface area (Å²) < 4.78 is 0. The molecule has 2 aliphatic rings. The van der Waals surface area contributed by atoms with E-state index < -0.39 is 5.60 Å². The predicted molar refractivity (Wildman–Crippen MR) is 63.7 cm³/mol. The van der Waals surface area contributed by atoms with E-state index in [4.69, 9.17) is 0 Å². The Morgan fingerprint density at radius 2 is 2.24 bits per heavy atom. The molecule has 3 rings (SSSR count). The van der Waals surface area contributed by atoms with Crippen LogP contribution in [0.4, 0.5) is 0 Å². The monoisotopic (exact) mass is 232 g/mol. The molecule has 1 heterocycles. The van der Waals surface area contributed by atoms with Gasteiger partial charge in [0.1, 0.15) is 5.60 Å². The highest BCUT2D eigenvalue weighted by Gasteiger charge is 2.37. The van der Waals surface area contributed by atoms with E-state index in [1.54, 1.807) is 0 Å². The van der Waals surface area contributed by atoms with Crippen molar-refractivity contribution < 1.29 is 9.90 Å². The van der Waals surface area contributed by atoms with Crippen molar-refractivity contribution in [3.63, 3.8) is 0 Å². The van der Waals surface area contributed by atoms with E-state index in [-0.39, 0.29) is 11.8 Å². The van der Waals surface area contributed by atoms with Gasteiger partial charge in [-0.2, -0.15) is 0 Å². The Labute approximate surface area is 100 Å². The van der Waals surface area contributed by atoms with Crippen LogP contribution in [-0.2, 0) is 11.2 Å². The van der Waals surface area contributed by atoms with E-state index in [9.17, 15) is 9.90 Å². The molecule has 1 atom stereocenters. The van der Waals surface area contributed by atoms with Gasteiger partial charge in [0, 0.05) is 19.6 Å². The predicted octanol–water partition coefficient (Wildman–Crippen LogP) is -0.223. The number of aliphatic hydroxyl groups is 1. The summed E-state index contributed by atoms with van der Waals surface area (Å²) in [7, 11) is 0. The lowest BCUT2D eigenvalue weighted by Gasteiger charge is -2.38. The molecule has 4 nitrogen and oxygen atoms in total. The van der Waals surface area contributed by atoms with Crippen molar-refractivity contribution in [2.24, 2.45) is 0 Å². The van der Waals surface area contributed by atoms with Gasteiger partial charge in [0.15, 0.2) is 0 Å². The van der Waals surface area contributed by atoms with Gasteiger partial charge in [0.05, 0.1) is 5.92 Å². The molecule has 0 bridgehead atoms. The third kappa shape index (κ3) is 1.83. The van der Waals surface area contributed by atoms with Gasteiger partial charge in [0.25, 0.3) is 0 Å². The van der Waals surface area contributed by atoms with Gasteiger partial charge in [-0.05, 0) is 17.5 Å². The molecule has 0 spiro atoms. The highest BCUT2D eigenvalue weighted by molar-refractivity contribution is 5.86. The number of carbonyl (C=O) groups is 1. The van der Waals surface area contributed by atoms with Crippen LogP contribution in [0, 0.1) is 0 Å². The van der Waals surface area contributed by atoms with Crippen LogP contribution in [0.25, 0.3) is 0 Å². The lowest BCUT2D eigenvalue weighted by atomic mass is 9.77. The largest absolute Gasteiger partial charge is 0.385 e. The van der Waals surface area contributed by atoms with Crippen LogP contribution in [0.2, 0.25) is 0 Å². The van der Waals surface area contributed by atoms with Crippen LogP contribution >= 0.6 is 0 Å². The molecular weight excluding hydrogens is 216 g/mol. The molecule has 3 N–H and O–H groups in total. The minimum absolute atomic E-state index is 0.0252. The molecule has 1 aliphatic carbocycles. The first-order chi connectivity index (χ1) is 8.18. The molecule has 1 saturated heterocycles. The van der Waals surface area contributed by atoms with Gasteiger partial charge < -0.3 is 15.7 Å². The lowest BCUT2D eigenvalue weighted by Crippen LogP contribution is -2.64. The maximum atomic E-state index is 11.9. The number of fused-ring (bicyclic) bond motifs is 1. The van der Waals surface area contributed by atoms with Crippen molar-refractivity contribution in [1.29, 1.82) is 0 Å². The molecule has 1 aromatic carbocycles. The highest BCUT2D eigenvalue weighted by Crippen LogP contribution is 2.34. The van der Waals surface area contributed by atoms with E-state index in [0.717, 1.165) is 12.0 Å². The van der Waals surface area contributed by atoms with E-state index in [1.165, 1.54) is 5.56 Å². The fourth-order valence-corrected chi connectivity index (χ4v) is 2.41. The van der Waals surface area contributed by atoms with Crippen molar-refractivity contribution in [3.05, 3.63) is 35.4 Å². The maximum Gasteiger partial charge on any atom is 0.227 e. The summed E-state index contributed by atoms with van der Waals surface area (Å²) in [6.07, 6.45) is 0.818. The second kappa shape index (κ2) is 3.82. The number of rotatable bonds is 3. The van der Waals surface area contributed by atoms with E-state index in [2.05, 4.69) is 16.7 Å². The van der Waals surface area contributed by atoms with Crippen LogP contribution in [0.1, 0.15) is 17.0 Å². The summed E-state index contributed by atoms with van der Waals surface area (Å²) in [5.74, 6) is 0.00635. The number of nitrogens with one attached hydrogen (secondary N) is 2. The molecule has 1 unspecified atom stereocenters. The summed E-state index contributed by atoms with van der Waals surface area (Å²) in [5.41, 5.74) is 1.65. The fraction of sp³-hybridized carbons (Fsp3) is 0.462. The molecule has 0 radical (unpaired) electrons. The summed E-state index contributed by atoms with van der Waals surface area (Å²) in [4.78, 5) is 11.9. The van der Waals surface area contributed by atoms with Gasteiger partial charge in [-0.25, -0.2) is 0 Å². The average Bonchev–Trinajstić information content (AvgIpc) is 2.25. The Kier molecular flexibility index (Phi) is 2.42. The molecular formula is C13H16N2O2. The Hall–Kier alpha value is -1.39. The number of amides is 1. The lowest BCUT2D eigenvalue weighted by molar-refractivity contribution is -0.125. The Morgan fingerprint density at radius 3 is 2.88 bits per heavy atom. The standard InChI is InChI=1S/C13H16N2O2/c16-12(15-8-13(17)6-14-7-13)11-5-9-3-1-2-4-10(9)11/h1-4,11,14,17H,5-8H2,(H,15,16). The molecule has 1 amide bonds. The SMILES string of the molecule is O=C(NCC1(O)CNC1)C1Cc2ccccc21. The van der Waals surface area contributed by atoms with Crippen molar-refractivity contribution >= 4 is 5.91 Å². The molecule has 1 aliphatic heterocycles. The molecule has 0 aromatic heterocycles. The maximum absolute atomic E-state index is 11.9. The van der Waals surface area contributed by atoms with Gasteiger partial charge >= 0.3 is 0 Å². The minimum Gasteiger partial charge on any atom is -0.385 e. The zero-order valence-corrected chi connectivity index (χ0v) is 9.57. The molecule has 1 fully saturated rings. The first-order valence-corrected chi connectivity index (χ1v) is 5.97. The van der Waals surface area contributed by atoms with Crippen LogP contribution in [0.3, 0.4) is 0 Å². The first kappa shape index (κ1) is 10.7. The average molecular weight is 232 g/mol. The second-order valence-corrected chi connectivity index (χ2v) is 5.00. The third-order valence-electron chi connectivity index (χ3n) is 3.67. The van der Waals surface area contributed by atoms with E-state index >= 15 is 0 Å². The minimum atomic E-state index is -0.737. The van der Waals surface area contributed by atoms with E-state index in [1.807, 2.05) is 18.2 Å².